The van der Waals surface area contributed by atoms with Gasteiger partial charge in [0.2, 0.25) is 5.91 Å². The van der Waals surface area contributed by atoms with Crippen molar-refractivity contribution in [2.75, 3.05) is 19.6 Å². The number of phenolic OH excluding ortho intramolecular Hbond substituents is 1. The Morgan fingerprint density at radius 1 is 1.09 bits per heavy atom. The molecule has 2 aliphatic heterocycles. The highest BCUT2D eigenvalue weighted by Gasteiger charge is 2.67. The zero-order valence-corrected chi connectivity index (χ0v) is 27.1. The van der Waals surface area contributed by atoms with E-state index in [1.165, 1.54) is 25.3 Å². The Morgan fingerprint density at radius 3 is 2.67 bits per heavy atom. The predicted molar refractivity (Wildman–Crippen MR) is 174 cm³/mol. The smallest absolute Gasteiger partial charge is 0.308 e. The Hall–Kier alpha value is -3.06. The van der Waals surface area contributed by atoms with E-state index in [0.717, 1.165) is 101 Å². The fourth-order valence-electron chi connectivity index (χ4n) is 9.43. The first-order valence-corrected chi connectivity index (χ1v) is 17.7. The quantitative estimate of drug-likeness (QED) is 0.156. The molecule has 5 atom stereocenters. The van der Waals surface area contributed by atoms with Crippen LogP contribution in [0.4, 0.5) is 0 Å². The monoisotopic (exact) mass is 614 g/mol. The van der Waals surface area contributed by atoms with Gasteiger partial charge in [0.05, 0.1) is 6.04 Å². The molecule has 7 rings (SSSR count). The van der Waals surface area contributed by atoms with E-state index in [1.807, 2.05) is 0 Å². The fourth-order valence-corrected chi connectivity index (χ4v) is 9.43. The topological polar surface area (TPSA) is 79.3 Å². The van der Waals surface area contributed by atoms with E-state index in [-0.39, 0.29) is 29.2 Å². The first kappa shape index (κ1) is 30.6. The van der Waals surface area contributed by atoms with E-state index in [0.29, 0.717) is 29.9 Å². The van der Waals surface area contributed by atoms with E-state index < -0.39 is 5.97 Å². The van der Waals surface area contributed by atoms with E-state index in [2.05, 4.69) is 47.1 Å². The van der Waals surface area contributed by atoms with Gasteiger partial charge in [-0.15, -0.1) is 0 Å². The molecule has 0 aromatic heterocycles. The summed E-state index contributed by atoms with van der Waals surface area (Å²) < 4.78 is 12.7. The lowest BCUT2D eigenvalue weighted by Crippen LogP contribution is -2.69. The average Bonchev–Trinajstić information content (AvgIpc) is 3.78. The van der Waals surface area contributed by atoms with Gasteiger partial charge in [0, 0.05) is 55.1 Å². The molecule has 1 amide bonds. The summed E-state index contributed by atoms with van der Waals surface area (Å²) in [4.78, 5) is 31.1. The van der Waals surface area contributed by atoms with Crippen LogP contribution in [-0.4, -0.2) is 64.6 Å². The highest BCUT2D eigenvalue weighted by Crippen LogP contribution is 2.66. The fraction of sp³-hybridized carbons (Fsp3) is 0.632. The van der Waals surface area contributed by atoms with Crippen LogP contribution < -0.4 is 9.47 Å². The van der Waals surface area contributed by atoms with Gasteiger partial charge in [-0.05, 0) is 88.2 Å². The molecule has 242 valence electrons. The summed E-state index contributed by atoms with van der Waals surface area (Å²) in [6, 6.07) is 12.5. The van der Waals surface area contributed by atoms with E-state index in [9.17, 15) is 14.7 Å². The van der Waals surface area contributed by atoms with Gasteiger partial charge in [-0.1, -0.05) is 50.1 Å². The van der Waals surface area contributed by atoms with Gasteiger partial charge in [-0.25, -0.2) is 0 Å². The largest absolute Gasteiger partial charge is 0.508 e. The number of phenols is 1. The molecule has 1 N–H and O–H groups in total. The first-order chi connectivity index (χ1) is 21.9. The number of carbonyl (C=O) groups excluding carboxylic acids is 2. The number of hydrogen-bond donors (Lipinski definition) is 1. The van der Waals surface area contributed by atoms with Gasteiger partial charge >= 0.3 is 5.97 Å². The second kappa shape index (κ2) is 12.6. The maximum atomic E-state index is 14.1. The van der Waals surface area contributed by atoms with E-state index in [1.54, 1.807) is 6.07 Å². The Kier molecular flexibility index (Phi) is 8.58. The Morgan fingerprint density at radius 2 is 1.91 bits per heavy atom. The van der Waals surface area contributed by atoms with Crippen LogP contribution in [0.15, 0.2) is 36.4 Å². The number of nitrogens with zero attached hydrogens (tertiary/aromatic N) is 2. The van der Waals surface area contributed by atoms with Crippen molar-refractivity contribution in [1.29, 1.82) is 0 Å². The molecule has 3 aliphatic carbocycles. The molecule has 2 aromatic carbocycles. The Bertz CT molecular complexity index is 1410. The Balaban J connectivity index is 1.16. The van der Waals surface area contributed by atoms with Crippen molar-refractivity contribution in [3.8, 4) is 17.2 Å². The zero-order valence-electron chi connectivity index (χ0n) is 27.1. The second-order valence-electron chi connectivity index (χ2n) is 14.4. The van der Waals surface area contributed by atoms with Gasteiger partial charge in [-0.3, -0.25) is 14.5 Å². The molecule has 0 radical (unpaired) electrons. The molecule has 1 saturated heterocycles. The SMILES string of the molecule is CCCCN(C(=O)CCCCCc1ccccc1)[C@H]1CC[C@H]2[C@H]3Cc4c(O)cc(OC(C)=O)c5c4[C@@]2(CCN3CC2CC2)[C@H]1O5. The summed E-state index contributed by atoms with van der Waals surface area (Å²) in [5.41, 5.74) is 3.11. The van der Waals surface area contributed by atoms with Crippen LogP contribution in [0.2, 0.25) is 0 Å². The zero-order chi connectivity index (χ0) is 31.1. The molecule has 2 aromatic rings. The van der Waals surface area contributed by atoms with Gasteiger partial charge in [0.25, 0.3) is 0 Å². The molecule has 2 bridgehead atoms. The number of amides is 1. The van der Waals surface area contributed by atoms with Crippen molar-refractivity contribution in [3.05, 3.63) is 53.1 Å². The third kappa shape index (κ3) is 5.64. The van der Waals surface area contributed by atoms with Gasteiger partial charge in [0.1, 0.15) is 11.9 Å². The van der Waals surface area contributed by atoms with Crippen LogP contribution in [0.1, 0.15) is 101 Å². The van der Waals surface area contributed by atoms with E-state index in [4.69, 9.17) is 9.47 Å². The van der Waals surface area contributed by atoms with Crippen molar-refractivity contribution in [1.82, 2.24) is 9.80 Å². The highest BCUT2D eigenvalue weighted by molar-refractivity contribution is 5.77. The minimum absolute atomic E-state index is 0.0362. The number of aryl methyl sites for hydroxylation is 1. The van der Waals surface area contributed by atoms with Crippen LogP contribution in [0, 0.1) is 11.8 Å². The van der Waals surface area contributed by atoms with Crippen LogP contribution >= 0.6 is 0 Å². The number of esters is 1. The number of unbranched alkanes of at least 4 members (excludes halogenated alkanes) is 3. The normalized spacial score (nSPS) is 27.9. The van der Waals surface area contributed by atoms with Crippen molar-refractivity contribution >= 4 is 11.9 Å². The molecule has 45 heavy (non-hydrogen) atoms. The minimum Gasteiger partial charge on any atom is -0.508 e. The summed E-state index contributed by atoms with van der Waals surface area (Å²) in [5, 5.41) is 11.4. The summed E-state index contributed by atoms with van der Waals surface area (Å²) in [6.07, 6.45) is 12.8. The van der Waals surface area contributed by atoms with Crippen molar-refractivity contribution in [2.24, 2.45) is 11.8 Å². The predicted octanol–water partition coefficient (Wildman–Crippen LogP) is 6.57. The lowest BCUT2D eigenvalue weighted by Gasteiger charge is -2.60. The molecule has 7 nitrogen and oxygen atoms in total. The van der Waals surface area contributed by atoms with Crippen LogP contribution in [0.25, 0.3) is 0 Å². The van der Waals surface area contributed by atoms with Crippen molar-refractivity contribution in [3.63, 3.8) is 0 Å². The molecular weight excluding hydrogens is 564 g/mol. The van der Waals surface area contributed by atoms with E-state index >= 15 is 0 Å². The molecule has 5 aliphatic rings. The summed E-state index contributed by atoms with van der Waals surface area (Å²) in [7, 11) is 0. The lowest BCUT2D eigenvalue weighted by molar-refractivity contribution is -0.143. The number of ether oxygens (including phenoxy) is 2. The number of hydrogen-bond acceptors (Lipinski definition) is 6. The molecule has 2 heterocycles. The average molecular weight is 615 g/mol. The maximum absolute atomic E-state index is 14.1. The number of rotatable bonds is 13. The third-order valence-electron chi connectivity index (χ3n) is 11.6. The maximum Gasteiger partial charge on any atom is 0.308 e. The van der Waals surface area contributed by atoms with Crippen LogP contribution in [0.3, 0.4) is 0 Å². The number of carbonyl (C=O) groups is 2. The standard InChI is InChI=1S/C38H50N2O5/c1-3-4-20-40(34(43)14-10-6-9-13-26-11-7-5-8-12-26)30-18-17-29-31-22-28-32(42)23-33(44-25(2)41)36-35(28)38(29,37(30)45-36)19-21-39(31)24-27-15-16-27/h5,7-8,11-12,23,27,29-31,37,42H,3-4,6,9-10,13-22,24H2,1-2H3/t29-,30-,31+,37-,38-/m0/s1. The number of aromatic hydroxyl groups is 1. The van der Waals surface area contributed by atoms with Crippen LogP contribution in [0.5, 0.6) is 17.2 Å². The number of likely N-dealkylation sites (tertiary alicyclic amines) is 1. The number of piperidine rings is 1. The summed E-state index contributed by atoms with van der Waals surface area (Å²) in [5.74, 6) is 2.19. The molecule has 7 heteroatoms. The van der Waals surface area contributed by atoms with Crippen LogP contribution in [-0.2, 0) is 27.8 Å². The summed E-state index contributed by atoms with van der Waals surface area (Å²) in [6.45, 7) is 6.48. The molecular formula is C38H50N2O5. The minimum atomic E-state index is -0.422. The third-order valence-corrected chi connectivity index (χ3v) is 11.6. The first-order valence-electron chi connectivity index (χ1n) is 17.7. The van der Waals surface area contributed by atoms with Crippen molar-refractivity contribution in [2.45, 2.75) is 121 Å². The number of benzene rings is 2. The summed E-state index contributed by atoms with van der Waals surface area (Å²) >= 11 is 0. The van der Waals surface area contributed by atoms with Gasteiger partial charge in [-0.2, -0.15) is 0 Å². The Labute approximate surface area is 268 Å². The second-order valence-corrected chi connectivity index (χ2v) is 14.4. The highest BCUT2D eigenvalue weighted by atomic mass is 16.6. The molecule has 0 unspecified atom stereocenters. The van der Waals surface area contributed by atoms with Gasteiger partial charge < -0.3 is 19.5 Å². The van der Waals surface area contributed by atoms with Gasteiger partial charge in [0.15, 0.2) is 11.5 Å². The van der Waals surface area contributed by atoms with Crippen molar-refractivity contribution < 1.29 is 24.2 Å². The molecule has 2 saturated carbocycles. The lowest BCUT2D eigenvalue weighted by atomic mass is 9.50. The molecule has 1 spiro atoms. The molecule has 3 fully saturated rings.